The largest absolute Gasteiger partial charge is 0.474 e. The molecule has 3 aromatic heterocycles. The van der Waals surface area contributed by atoms with E-state index in [-0.39, 0.29) is 47.3 Å². The first kappa shape index (κ1) is 27.7. The summed E-state index contributed by atoms with van der Waals surface area (Å²) >= 11 is 5.89. The van der Waals surface area contributed by atoms with E-state index in [0.29, 0.717) is 30.7 Å². The van der Waals surface area contributed by atoms with Crippen LogP contribution in [0.2, 0.25) is 5.02 Å². The van der Waals surface area contributed by atoms with Crippen molar-refractivity contribution in [3.8, 4) is 11.7 Å². The maximum atomic E-state index is 13.6. The Bertz CT molecular complexity index is 1550. The number of amides is 1. The number of aliphatic hydroxyl groups is 1. The van der Waals surface area contributed by atoms with Crippen molar-refractivity contribution in [1.82, 2.24) is 29.6 Å². The van der Waals surface area contributed by atoms with Gasteiger partial charge in [-0.05, 0) is 55.9 Å². The van der Waals surface area contributed by atoms with Crippen LogP contribution in [0.3, 0.4) is 0 Å². The van der Waals surface area contributed by atoms with Crippen LogP contribution >= 0.6 is 11.6 Å². The number of hydrogen-bond acceptors (Lipinski definition) is 7. The minimum Gasteiger partial charge on any atom is -0.474 e. The number of pyridine rings is 1. The zero-order valence-corrected chi connectivity index (χ0v) is 22.1. The number of nitrogens with zero attached hydrogens (tertiary/aromatic N) is 5. The number of rotatable bonds is 9. The number of imidazole rings is 1. The standard InChI is InChI=1S/C27H27ClF2N6O4/c28-17-13-19(24(25(29)30)31-14-17)26(38)32-18-7-5-16(6-8-18)15-35-20-3-1-2-4-21(20)36(27(35)39)22-9-10-23(34-33-22)40-12-11-37/h1-4,9-10,13-14,16,18,25,37H,5-8,11-12,15H2,(H,32,38). The first-order valence-electron chi connectivity index (χ1n) is 12.9. The van der Waals surface area contributed by atoms with E-state index in [0.717, 1.165) is 24.6 Å². The fourth-order valence-corrected chi connectivity index (χ4v) is 5.24. The van der Waals surface area contributed by atoms with Crippen LogP contribution in [0.5, 0.6) is 5.88 Å². The molecular weight excluding hydrogens is 546 g/mol. The van der Waals surface area contributed by atoms with Gasteiger partial charge in [-0.25, -0.2) is 18.1 Å². The first-order chi connectivity index (χ1) is 19.4. The van der Waals surface area contributed by atoms with Crippen LogP contribution < -0.4 is 15.7 Å². The zero-order chi connectivity index (χ0) is 28.2. The summed E-state index contributed by atoms with van der Waals surface area (Å²) in [5.74, 6) is 0.147. The van der Waals surface area contributed by atoms with Gasteiger partial charge in [-0.2, -0.15) is 0 Å². The predicted molar refractivity (Wildman–Crippen MR) is 143 cm³/mol. The number of carbonyl (C=O) groups excluding carboxylic acids is 1. The highest BCUT2D eigenvalue weighted by molar-refractivity contribution is 6.30. The molecule has 2 N–H and O–H groups in total. The number of aliphatic hydroxyl groups excluding tert-OH is 1. The number of fused-ring (bicyclic) bond motifs is 1. The lowest BCUT2D eigenvalue weighted by Crippen LogP contribution is -2.39. The molecule has 0 aliphatic heterocycles. The van der Waals surface area contributed by atoms with Gasteiger partial charge < -0.3 is 15.2 Å². The zero-order valence-electron chi connectivity index (χ0n) is 21.3. The van der Waals surface area contributed by atoms with E-state index in [9.17, 15) is 18.4 Å². The molecule has 0 unspecified atom stereocenters. The molecule has 3 heterocycles. The van der Waals surface area contributed by atoms with Gasteiger partial charge in [-0.15, -0.1) is 10.2 Å². The van der Waals surface area contributed by atoms with Gasteiger partial charge in [0.15, 0.2) is 5.82 Å². The van der Waals surface area contributed by atoms with Crippen LogP contribution in [0.4, 0.5) is 8.78 Å². The molecule has 1 amide bonds. The Morgan fingerprint density at radius 2 is 1.88 bits per heavy atom. The van der Waals surface area contributed by atoms with Crippen molar-refractivity contribution in [3.05, 3.63) is 75.4 Å². The number of para-hydroxylation sites is 2. The average Bonchev–Trinajstić information content (AvgIpc) is 3.23. The summed E-state index contributed by atoms with van der Waals surface area (Å²) in [6.45, 7) is 0.420. The molecule has 4 aromatic rings. The number of halogens is 3. The molecule has 0 radical (unpaired) electrons. The highest BCUT2D eigenvalue weighted by Crippen LogP contribution is 2.28. The average molecular weight is 573 g/mol. The molecule has 1 aliphatic carbocycles. The Labute approximate surface area is 232 Å². The molecule has 40 heavy (non-hydrogen) atoms. The predicted octanol–water partition coefficient (Wildman–Crippen LogP) is 3.93. The van der Waals surface area contributed by atoms with Crippen LogP contribution in [-0.2, 0) is 6.54 Å². The van der Waals surface area contributed by atoms with E-state index in [1.807, 2.05) is 24.3 Å². The molecular formula is C27H27ClF2N6O4. The van der Waals surface area contributed by atoms with Gasteiger partial charge in [0.25, 0.3) is 12.3 Å². The molecule has 0 bridgehead atoms. The molecule has 10 nitrogen and oxygen atoms in total. The van der Waals surface area contributed by atoms with Crippen LogP contribution in [0.15, 0.2) is 53.5 Å². The maximum Gasteiger partial charge on any atom is 0.334 e. The van der Waals surface area contributed by atoms with Crippen LogP contribution in [-0.4, -0.2) is 54.6 Å². The number of nitrogens with one attached hydrogen (secondary N) is 1. The lowest BCUT2D eigenvalue weighted by molar-refractivity contribution is 0.0904. The first-order valence-corrected chi connectivity index (χ1v) is 13.3. The summed E-state index contributed by atoms with van der Waals surface area (Å²) in [6, 6.07) is 11.7. The van der Waals surface area contributed by atoms with E-state index in [1.165, 1.54) is 10.6 Å². The Hall–Kier alpha value is -3.90. The van der Waals surface area contributed by atoms with Crippen LogP contribution in [0.1, 0.15) is 48.2 Å². The van der Waals surface area contributed by atoms with Crippen LogP contribution in [0, 0.1) is 5.92 Å². The lowest BCUT2D eigenvalue weighted by atomic mass is 9.85. The second-order valence-electron chi connectivity index (χ2n) is 9.60. The van der Waals surface area contributed by atoms with E-state index in [1.54, 1.807) is 16.7 Å². The van der Waals surface area contributed by atoms with Crippen molar-refractivity contribution in [2.75, 3.05) is 13.2 Å². The molecule has 5 rings (SSSR count). The summed E-state index contributed by atoms with van der Waals surface area (Å²) in [6.07, 6.45) is 0.967. The second-order valence-corrected chi connectivity index (χ2v) is 10.0. The molecule has 0 atom stereocenters. The van der Waals surface area contributed by atoms with Crippen LogP contribution in [0.25, 0.3) is 16.9 Å². The summed E-state index contributed by atoms with van der Waals surface area (Å²) < 4.78 is 35.2. The highest BCUT2D eigenvalue weighted by atomic mass is 35.5. The Morgan fingerprint density at radius 1 is 1.12 bits per heavy atom. The van der Waals surface area contributed by atoms with E-state index in [4.69, 9.17) is 21.4 Å². The molecule has 210 valence electrons. The van der Waals surface area contributed by atoms with Gasteiger partial charge in [-0.3, -0.25) is 14.3 Å². The number of aromatic nitrogens is 5. The topological polar surface area (TPSA) is 124 Å². The van der Waals surface area contributed by atoms with Gasteiger partial charge in [0.2, 0.25) is 5.88 Å². The van der Waals surface area contributed by atoms with E-state index < -0.39 is 18.0 Å². The molecule has 0 spiro atoms. The maximum absolute atomic E-state index is 13.6. The molecule has 0 saturated heterocycles. The summed E-state index contributed by atoms with van der Waals surface area (Å²) in [5.41, 5.74) is 0.390. The van der Waals surface area contributed by atoms with Gasteiger partial charge in [-0.1, -0.05) is 23.7 Å². The van der Waals surface area contributed by atoms with Gasteiger partial charge in [0, 0.05) is 24.8 Å². The Balaban J connectivity index is 1.28. The Morgan fingerprint density at radius 3 is 2.55 bits per heavy atom. The van der Waals surface area contributed by atoms with E-state index in [2.05, 4.69) is 20.5 Å². The van der Waals surface area contributed by atoms with E-state index >= 15 is 0 Å². The number of alkyl halides is 2. The van der Waals surface area contributed by atoms with Crippen molar-refractivity contribution >= 4 is 28.5 Å². The SMILES string of the molecule is O=C(NC1CCC(Cn2c(=O)n(-c3ccc(OCCO)nn3)c3ccccc32)CC1)c1cc(Cl)cnc1C(F)F. The smallest absolute Gasteiger partial charge is 0.334 e. The molecule has 1 aromatic carbocycles. The van der Waals surface area contributed by atoms with Crippen molar-refractivity contribution in [2.24, 2.45) is 5.92 Å². The molecule has 1 fully saturated rings. The van der Waals surface area contributed by atoms with Crippen molar-refractivity contribution in [2.45, 2.75) is 44.7 Å². The third-order valence-electron chi connectivity index (χ3n) is 6.99. The quantitative estimate of drug-likeness (QED) is 0.311. The fraction of sp³-hybridized carbons (Fsp3) is 0.370. The third kappa shape index (κ3) is 5.82. The lowest BCUT2D eigenvalue weighted by Gasteiger charge is -2.29. The van der Waals surface area contributed by atoms with Gasteiger partial charge in [0.05, 0.1) is 28.2 Å². The number of carbonyl (C=O) groups is 1. The monoisotopic (exact) mass is 572 g/mol. The third-order valence-corrected chi connectivity index (χ3v) is 7.20. The number of benzene rings is 1. The number of hydrogen-bond donors (Lipinski definition) is 2. The van der Waals surface area contributed by atoms with Crippen molar-refractivity contribution in [1.29, 1.82) is 0 Å². The summed E-state index contributed by atoms with van der Waals surface area (Å²) in [7, 11) is 0. The highest BCUT2D eigenvalue weighted by Gasteiger charge is 2.27. The second kappa shape index (κ2) is 12.1. The van der Waals surface area contributed by atoms with Gasteiger partial charge in [0.1, 0.15) is 12.3 Å². The minimum absolute atomic E-state index is 0.0910. The minimum atomic E-state index is -2.89. The Kier molecular flexibility index (Phi) is 8.36. The molecule has 1 saturated carbocycles. The normalized spacial score (nSPS) is 17.3. The molecule has 1 aliphatic rings. The molecule has 13 heteroatoms. The number of ether oxygens (including phenoxy) is 1. The fourth-order valence-electron chi connectivity index (χ4n) is 5.08. The summed E-state index contributed by atoms with van der Waals surface area (Å²) in [4.78, 5) is 29.9. The van der Waals surface area contributed by atoms with Crippen molar-refractivity contribution in [3.63, 3.8) is 0 Å². The van der Waals surface area contributed by atoms with Gasteiger partial charge >= 0.3 is 5.69 Å². The summed E-state index contributed by atoms with van der Waals surface area (Å²) in [5, 5.41) is 20.0. The van der Waals surface area contributed by atoms with Crippen molar-refractivity contribution < 1.29 is 23.4 Å².